The molecule has 2 aliphatic rings. The van der Waals surface area contributed by atoms with Crippen LogP contribution in [0, 0.1) is 23.2 Å². The lowest BCUT2D eigenvalue weighted by atomic mass is 10.1. The van der Waals surface area contributed by atoms with Gasteiger partial charge in [-0.15, -0.1) is 0 Å². The molecule has 0 aliphatic heterocycles. The largest absolute Gasteiger partial charge is 0.353 e. The van der Waals surface area contributed by atoms with E-state index in [1.807, 2.05) is 0 Å². The molecule has 2 fully saturated rings. The summed E-state index contributed by atoms with van der Waals surface area (Å²) < 4.78 is 0. The SMILES string of the molecule is N#CC1CCC(NC(=O)C2CC2)C1. The van der Waals surface area contributed by atoms with Gasteiger partial charge >= 0.3 is 0 Å². The molecule has 0 saturated heterocycles. The first-order valence-electron chi connectivity index (χ1n) is 4.99. The van der Waals surface area contributed by atoms with Gasteiger partial charge in [-0.25, -0.2) is 0 Å². The highest BCUT2D eigenvalue weighted by Gasteiger charge is 2.33. The number of carbonyl (C=O) groups is 1. The van der Waals surface area contributed by atoms with Crippen LogP contribution >= 0.6 is 0 Å². The molecule has 0 bridgehead atoms. The molecule has 0 aromatic carbocycles. The van der Waals surface area contributed by atoms with E-state index in [4.69, 9.17) is 5.26 Å². The standard InChI is InChI=1S/C10H14N2O/c11-6-7-1-4-9(5-7)12-10(13)8-2-3-8/h7-9H,1-5H2,(H,12,13). The topological polar surface area (TPSA) is 52.9 Å². The first kappa shape index (κ1) is 8.55. The van der Waals surface area contributed by atoms with Crippen LogP contribution in [0.2, 0.25) is 0 Å². The average molecular weight is 178 g/mol. The summed E-state index contributed by atoms with van der Waals surface area (Å²) in [4.78, 5) is 11.4. The van der Waals surface area contributed by atoms with Crippen LogP contribution in [0.15, 0.2) is 0 Å². The van der Waals surface area contributed by atoms with Crippen LogP contribution in [0.25, 0.3) is 0 Å². The molecule has 2 rings (SSSR count). The Morgan fingerprint density at radius 1 is 1.31 bits per heavy atom. The quantitative estimate of drug-likeness (QED) is 0.690. The summed E-state index contributed by atoms with van der Waals surface area (Å²) in [6, 6.07) is 2.54. The zero-order chi connectivity index (χ0) is 9.26. The summed E-state index contributed by atoms with van der Waals surface area (Å²) >= 11 is 0. The number of amides is 1. The second kappa shape index (κ2) is 3.37. The van der Waals surface area contributed by atoms with E-state index in [0.717, 1.165) is 32.1 Å². The molecule has 1 amide bonds. The molecule has 0 aromatic heterocycles. The van der Waals surface area contributed by atoms with Crippen molar-refractivity contribution in [3.8, 4) is 6.07 Å². The fraction of sp³-hybridized carbons (Fsp3) is 0.800. The maximum absolute atomic E-state index is 11.4. The van der Waals surface area contributed by atoms with Crippen LogP contribution in [-0.4, -0.2) is 11.9 Å². The third kappa shape index (κ3) is 2.00. The van der Waals surface area contributed by atoms with Crippen molar-refractivity contribution < 1.29 is 4.79 Å². The van der Waals surface area contributed by atoms with Crippen LogP contribution in [0.1, 0.15) is 32.1 Å². The molecule has 1 N–H and O–H groups in total. The number of nitriles is 1. The Hall–Kier alpha value is -1.04. The number of hydrogen-bond acceptors (Lipinski definition) is 2. The Kier molecular flexibility index (Phi) is 2.22. The van der Waals surface area contributed by atoms with E-state index in [9.17, 15) is 4.79 Å². The van der Waals surface area contributed by atoms with E-state index in [1.165, 1.54) is 0 Å². The van der Waals surface area contributed by atoms with E-state index >= 15 is 0 Å². The van der Waals surface area contributed by atoms with Gasteiger partial charge in [-0.2, -0.15) is 5.26 Å². The summed E-state index contributed by atoms with van der Waals surface area (Å²) in [6.07, 6.45) is 4.90. The zero-order valence-electron chi connectivity index (χ0n) is 7.62. The Balaban J connectivity index is 1.77. The van der Waals surface area contributed by atoms with Gasteiger partial charge in [-0.1, -0.05) is 0 Å². The molecule has 0 radical (unpaired) electrons. The first-order chi connectivity index (χ1) is 6.29. The smallest absolute Gasteiger partial charge is 0.223 e. The number of carbonyl (C=O) groups excluding carboxylic acids is 1. The van der Waals surface area contributed by atoms with E-state index < -0.39 is 0 Å². The van der Waals surface area contributed by atoms with Gasteiger partial charge in [-0.3, -0.25) is 4.79 Å². The summed E-state index contributed by atoms with van der Waals surface area (Å²) in [5, 5.41) is 11.7. The lowest BCUT2D eigenvalue weighted by molar-refractivity contribution is -0.122. The number of rotatable bonds is 2. The van der Waals surface area contributed by atoms with Gasteiger partial charge in [0.05, 0.1) is 6.07 Å². The van der Waals surface area contributed by atoms with Gasteiger partial charge in [-0.05, 0) is 32.1 Å². The van der Waals surface area contributed by atoms with Crippen LogP contribution in [0.5, 0.6) is 0 Å². The second-order valence-electron chi connectivity index (χ2n) is 4.12. The predicted octanol–water partition coefficient (Wildman–Crippen LogP) is 1.20. The van der Waals surface area contributed by atoms with Crippen molar-refractivity contribution in [1.82, 2.24) is 5.32 Å². The van der Waals surface area contributed by atoms with Crippen LogP contribution in [-0.2, 0) is 4.79 Å². The van der Waals surface area contributed by atoms with Crippen molar-refractivity contribution in [2.24, 2.45) is 11.8 Å². The fourth-order valence-corrected chi connectivity index (χ4v) is 1.89. The van der Waals surface area contributed by atoms with Crippen molar-refractivity contribution in [1.29, 1.82) is 5.26 Å². The van der Waals surface area contributed by atoms with Gasteiger partial charge < -0.3 is 5.32 Å². The average Bonchev–Trinajstić information content (AvgIpc) is 2.88. The molecule has 0 aromatic rings. The third-order valence-corrected chi connectivity index (χ3v) is 2.91. The molecule has 3 heteroatoms. The van der Waals surface area contributed by atoms with Gasteiger partial charge in [0.2, 0.25) is 5.91 Å². The fourth-order valence-electron chi connectivity index (χ4n) is 1.89. The van der Waals surface area contributed by atoms with Crippen molar-refractivity contribution in [2.45, 2.75) is 38.1 Å². The molecule has 3 nitrogen and oxygen atoms in total. The van der Waals surface area contributed by atoms with Crippen LogP contribution in [0.3, 0.4) is 0 Å². The molecule has 0 spiro atoms. The van der Waals surface area contributed by atoms with Gasteiger partial charge in [0.1, 0.15) is 0 Å². The summed E-state index contributed by atoms with van der Waals surface area (Å²) in [5.74, 6) is 0.675. The number of nitrogens with one attached hydrogen (secondary N) is 1. The van der Waals surface area contributed by atoms with Gasteiger partial charge in [0, 0.05) is 17.9 Å². The number of nitrogens with zero attached hydrogens (tertiary/aromatic N) is 1. The normalized spacial score (nSPS) is 32.5. The molecular weight excluding hydrogens is 164 g/mol. The van der Waals surface area contributed by atoms with Gasteiger partial charge in [0.25, 0.3) is 0 Å². The lowest BCUT2D eigenvalue weighted by Gasteiger charge is -2.10. The van der Waals surface area contributed by atoms with Crippen molar-refractivity contribution >= 4 is 5.91 Å². The van der Waals surface area contributed by atoms with E-state index in [0.29, 0.717) is 5.92 Å². The Morgan fingerprint density at radius 3 is 2.62 bits per heavy atom. The first-order valence-corrected chi connectivity index (χ1v) is 4.99. The highest BCUT2D eigenvalue weighted by atomic mass is 16.2. The lowest BCUT2D eigenvalue weighted by Crippen LogP contribution is -2.33. The van der Waals surface area contributed by atoms with Crippen molar-refractivity contribution in [3.05, 3.63) is 0 Å². The van der Waals surface area contributed by atoms with E-state index in [1.54, 1.807) is 0 Å². The highest BCUT2D eigenvalue weighted by Crippen LogP contribution is 2.30. The van der Waals surface area contributed by atoms with Gasteiger partial charge in [0.15, 0.2) is 0 Å². The monoisotopic (exact) mass is 178 g/mol. The summed E-state index contributed by atoms with van der Waals surface area (Å²) in [6.45, 7) is 0. The Bertz CT molecular complexity index is 252. The maximum Gasteiger partial charge on any atom is 0.223 e. The molecule has 2 saturated carbocycles. The maximum atomic E-state index is 11.4. The molecule has 0 heterocycles. The minimum atomic E-state index is 0.171. The zero-order valence-corrected chi connectivity index (χ0v) is 7.62. The van der Waals surface area contributed by atoms with E-state index in [2.05, 4.69) is 11.4 Å². The van der Waals surface area contributed by atoms with Crippen LogP contribution in [0.4, 0.5) is 0 Å². The van der Waals surface area contributed by atoms with Crippen molar-refractivity contribution in [3.63, 3.8) is 0 Å². The number of hydrogen-bond donors (Lipinski definition) is 1. The molecule has 70 valence electrons. The summed E-state index contributed by atoms with van der Waals surface area (Å²) in [7, 11) is 0. The third-order valence-electron chi connectivity index (χ3n) is 2.91. The molecule has 2 aliphatic carbocycles. The van der Waals surface area contributed by atoms with Crippen molar-refractivity contribution in [2.75, 3.05) is 0 Å². The minimum Gasteiger partial charge on any atom is -0.353 e. The predicted molar refractivity (Wildman–Crippen MR) is 47.6 cm³/mol. The molecule has 13 heavy (non-hydrogen) atoms. The minimum absolute atomic E-state index is 0.171. The molecule has 2 atom stereocenters. The summed E-state index contributed by atoms with van der Waals surface area (Å²) in [5.41, 5.74) is 0. The molecular formula is C10H14N2O. The Morgan fingerprint density at radius 2 is 2.08 bits per heavy atom. The highest BCUT2D eigenvalue weighted by molar-refractivity contribution is 5.81. The second-order valence-corrected chi connectivity index (χ2v) is 4.12. The Labute approximate surface area is 78.1 Å². The molecule has 2 unspecified atom stereocenters. The van der Waals surface area contributed by atoms with Crippen LogP contribution < -0.4 is 5.32 Å². The van der Waals surface area contributed by atoms with E-state index in [-0.39, 0.29) is 17.9 Å².